The van der Waals surface area contributed by atoms with Gasteiger partial charge in [-0.1, -0.05) is 12.1 Å². The normalized spacial score (nSPS) is 10.7. The summed E-state index contributed by atoms with van der Waals surface area (Å²) in [4.78, 5) is 21.3. The fraction of sp³-hybridized carbons (Fsp3) is 0.286. The maximum absolute atomic E-state index is 13.7. The average molecular weight is 298 g/mol. The highest BCUT2D eigenvalue weighted by atomic mass is 32.2. The van der Waals surface area contributed by atoms with Crippen LogP contribution in [0.25, 0.3) is 6.08 Å². The largest absolute Gasteiger partial charge is 0.478 e. The van der Waals surface area contributed by atoms with Gasteiger partial charge in [-0.25, -0.2) is 9.18 Å². The first-order valence-corrected chi connectivity index (χ1v) is 7.02. The summed E-state index contributed by atoms with van der Waals surface area (Å²) in [5.74, 6) is -0.735. The Morgan fingerprint density at radius 2 is 2.20 bits per heavy atom. The van der Waals surface area contributed by atoms with E-state index in [9.17, 15) is 14.0 Å². The molecule has 0 fully saturated rings. The van der Waals surface area contributed by atoms with Crippen molar-refractivity contribution in [3.05, 3.63) is 41.2 Å². The lowest BCUT2D eigenvalue weighted by Crippen LogP contribution is -2.01. The zero-order valence-electron chi connectivity index (χ0n) is 11.0. The monoisotopic (exact) mass is 298 g/mol. The summed E-state index contributed by atoms with van der Waals surface area (Å²) in [7, 11) is 1.33. The molecule has 6 heteroatoms. The highest BCUT2D eigenvalue weighted by molar-refractivity contribution is 7.98. The molecule has 0 radical (unpaired) electrons. The van der Waals surface area contributed by atoms with Crippen LogP contribution in [-0.2, 0) is 20.1 Å². The van der Waals surface area contributed by atoms with Crippen molar-refractivity contribution in [1.29, 1.82) is 0 Å². The Balaban J connectivity index is 2.51. The molecule has 0 bridgehead atoms. The third-order valence-corrected chi connectivity index (χ3v) is 3.44. The molecule has 0 spiro atoms. The molecule has 108 valence electrons. The van der Waals surface area contributed by atoms with Crippen LogP contribution >= 0.6 is 11.8 Å². The van der Waals surface area contributed by atoms with E-state index in [1.54, 1.807) is 12.1 Å². The molecule has 0 aliphatic carbocycles. The number of ether oxygens (including phenoxy) is 1. The van der Waals surface area contributed by atoms with Gasteiger partial charge in [0.15, 0.2) is 0 Å². The molecule has 0 saturated carbocycles. The number of halogens is 1. The molecule has 0 atom stereocenters. The summed E-state index contributed by atoms with van der Waals surface area (Å²) in [6.07, 6.45) is 2.58. The summed E-state index contributed by atoms with van der Waals surface area (Å²) in [5, 5.41) is 8.49. The lowest BCUT2D eigenvalue weighted by atomic mass is 10.1. The Hall–Kier alpha value is -1.82. The van der Waals surface area contributed by atoms with Crippen LogP contribution in [0.15, 0.2) is 24.3 Å². The number of carbonyl (C=O) groups is 2. The molecule has 0 amide bonds. The molecule has 0 aliphatic heterocycles. The van der Waals surface area contributed by atoms with Gasteiger partial charge >= 0.3 is 11.9 Å². The number of benzene rings is 1. The molecule has 20 heavy (non-hydrogen) atoms. The van der Waals surface area contributed by atoms with Gasteiger partial charge < -0.3 is 9.84 Å². The van der Waals surface area contributed by atoms with E-state index in [0.717, 1.165) is 6.08 Å². The van der Waals surface area contributed by atoms with Gasteiger partial charge in [0, 0.05) is 17.6 Å². The first-order chi connectivity index (χ1) is 9.52. The Kier molecular flexibility index (Phi) is 6.79. The lowest BCUT2D eigenvalue weighted by Gasteiger charge is -2.04. The van der Waals surface area contributed by atoms with E-state index in [4.69, 9.17) is 5.11 Å². The van der Waals surface area contributed by atoms with E-state index in [2.05, 4.69) is 4.74 Å². The van der Waals surface area contributed by atoms with Crippen LogP contribution in [0.1, 0.15) is 17.5 Å². The minimum Gasteiger partial charge on any atom is -0.478 e. The zero-order valence-corrected chi connectivity index (χ0v) is 11.8. The number of methoxy groups -OCH3 is 1. The lowest BCUT2D eigenvalue weighted by molar-refractivity contribution is -0.140. The Morgan fingerprint density at radius 1 is 1.45 bits per heavy atom. The number of esters is 1. The molecule has 1 N–H and O–H groups in total. The van der Waals surface area contributed by atoms with Gasteiger partial charge in [0.1, 0.15) is 5.82 Å². The van der Waals surface area contributed by atoms with Crippen molar-refractivity contribution in [2.75, 3.05) is 12.9 Å². The van der Waals surface area contributed by atoms with Crippen molar-refractivity contribution in [1.82, 2.24) is 0 Å². The molecule has 1 aromatic carbocycles. The second-order valence-corrected chi connectivity index (χ2v) is 5.01. The maximum Gasteiger partial charge on any atom is 0.328 e. The van der Waals surface area contributed by atoms with E-state index in [-0.39, 0.29) is 11.8 Å². The van der Waals surface area contributed by atoms with E-state index in [1.165, 1.54) is 31.0 Å². The van der Waals surface area contributed by atoms with Crippen LogP contribution in [0.5, 0.6) is 0 Å². The Labute approximate surface area is 120 Å². The van der Waals surface area contributed by atoms with Crippen LogP contribution in [0.4, 0.5) is 4.39 Å². The number of aliphatic carboxylic acids is 1. The van der Waals surface area contributed by atoms with E-state index in [0.29, 0.717) is 29.1 Å². The predicted molar refractivity (Wildman–Crippen MR) is 75.9 cm³/mol. The Bertz CT molecular complexity index is 514. The predicted octanol–water partition coefficient (Wildman–Crippen LogP) is 2.72. The summed E-state index contributed by atoms with van der Waals surface area (Å²) in [6, 6.07) is 4.55. The van der Waals surface area contributed by atoms with Crippen molar-refractivity contribution >= 4 is 29.8 Å². The average Bonchev–Trinajstić information content (AvgIpc) is 2.42. The smallest absolute Gasteiger partial charge is 0.328 e. The number of hydrogen-bond acceptors (Lipinski definition) is 4. The van der Waals surface area contributed by atoms with E-state index in [1.807, 2.05) is 0 Å². The molecule has 0 unspecified atom stereocenters. The second-order valence-electron chi connectivity index (χ2n) is 3.90. The highest BCUT2D eigenvalue weighted by Crippen LogP contribution is 2.18. The molecular formula is C14H15FO4S. The zero-order chi connectivity index (χ0) is 15.0. The van der Waals surface area contributed by atoms with Crippen LogP contribution in [0.3, 0.4) is 0 Å². The second kappa shape index (κ2) is 8.37. The number of thioether (sulfide) groups is 1. The van der Waals surface area contributed by atoms with Crippen LogP contribution < -0.4 is 0 Å². The Morgan fingerprint density at radius 3 is 2.80 bits per heavy atom. The molecule has 1 rings (SSSR count). The summed E-state index contributed by atoms with van der Waals surface area (Å²) in [5.41, 5.74) is 1.01. The van der Waals surface area contributed by atoms with Crippen LogP contribution in [0, 0.1) is 5.82 Å². The fourth-order valence-electron chi connectivity index (χ4n) is 1.39. The van der Waals surface area contributed by atoms with Crippen molar-refractivity contribution in [2.24, 2.45) is 0 Å². The number of hydrogen-bond donors (Lipinski definition) is 1. The minimum atomic E-state index is -1.08. The molecule has 0 aromatic heterocycles. The quantitative estimate of drug-likeness (QED) is 0.476. The number of carbonyl (C=O) groups excluding carboxylic acids is 1. The standard InChI is InChI=1S/C14H15FO4S/c1-19-14(18)6-7-20-9-11-4-2-10(8-12(11)15)3-5-13(16)17/h2-5,8H,6-7,9H2,1H3,(H,16,17). The van der Waals surface area contributed by atoms with Crippen LogP contribution in [-0.4, -0.2) is 29.9 Å². The molecule has 0 saturated heterocycles. The first kappa shape index (κ1) is 16.2. The SMILES string of the molecule is COC(=O)CCSCc1ccc(C=CC(=O)O)cc1F. The topological polar surface area (TPSA) is 63.6 Å². The summed E-state index contributed by atoms with van der Waals surface area (Å²) < 4.78 is 18.2. The molecule has 4 nitrogen and oxygen atoms in total. The van der Waals surface area contributed by atoms with Gasteiger partial charge in [0.05, 0.1) is 13.5 Å². The third kappa shape index (κ3) is 5.88. The van der Waals surface area contributed by atoms with Gasteiger partial charge in [-0.15, -0.1) is 0 Å². The van der Waals surface area contributed by atoms with Crippen LogP contribution in [0.2, 0.25) is 0 Å². The first-order valence-electron chi connectivity index (χ1n) is 5.87. The maximum atomic E-state index is 13.7. The van der Waals surface area contributed by atoms with Gasteiger partial charge in [0.25, 0.3) is 0 Å². The van der Waals surface area contributed by atoms with Crippen molar-refractivity contribution in [2.45, 2.75) is 12.2 Å². The van der Waals surface area contributed by atoms with Gasteiger partial charge in [-0.2, -0.15) is 11.8 Å². The highest BCUT2D eigenvalue weighted by Gasteiger charge is 2.05. The summed E-state index contributed by atoms with van der Waals surface area (Å²) in [6.45, 7) is 0. The molecule has 0 aliphatic rings. The van der Waals surface area contributed by atoms with Crippen molar-refractivity contribution < 1.29 is 23.8 Å². The van der Waals surface area contributed by atoms with Crippen molar-refractivity contribution in [3.63, 3.8) is 0 Å². The van der Waals surface area contributed by atoms with Crippen molar-refractivity contribution in [3.8, 4) is 0 Å². The van der Waals surface area contributed by atoms with E-state index < -0.39 is 5.97 Å². The molecule has 0 heterocycles. The minimum absolute atomic E-state index is 0.285. The van der Waals surface area contributed by atoms with Gasteiger partial charge in [-0.3, -0.25) is 4.79 Å². The number of carboxylic acid groups (broad SMARTS) is 1. The molecular weight excluding hydrogens is 283 g/mol. The molecule has 1 aromatic rings. The van der Waals surface area contributed by atoms with E-state index >= 15 is 0 Å². The van der Waals surface area contributed by atoms with Gasteiger partial charge in [0.2, 0.25) is 0 Å². The number of carboxylic acids is 1. The fourth-order valence-corrected chi connectivity index (χ4v) is 2.30. The third-order valence-electron chi connectivity index (χ3n) is 2.43. The number of rotatable bonds is 7. The summed E-state index contributed by atoms with van der Waals surface area (Å²) >= 11 is 1.44. The van der Waals surface area contributed by atoms with Gasteiger partial charge in [-0.05, 0) is 23.3 Å².